The van der Waals surface area contributed by atoms with E-state index in [1.807, 2.05) is 29.2 Å². The number of pyridine rings is 1. The van der Waals surface area contributed by atoms with E-state index in [9.17, 15) is 4.79 Å². The van der Waals surface area contributed by atoms with Crippen molar-refractivity contribution >= 4 is 46.5 Å². The molecule has 1 aliphatic heterocycles. The van der Waals surface area contributed by atoms with Crippen LogP contribution in [-0.4, -0.2) is 42.0 Å². The lowest BCUT2D eigenvalue weighted by molar-refractivity contribution is 0.0746. The fourth-order valence-electron chi connectivity index (χ4n) is 2.69. The summed E-state index contributed by atoms with van der Waals surface area (Å²) in [6.45, 7) is 2.15. The smallest absolute Gasteiger partial charge is 0.253 e. The number of piperazine rings is 1. The minimum absolute atomic E-state index is 0.00445. The average Bonchev–Trinajstić information content (AvgIpc) is 2.65. The quantitative estimate of drug-likeness (QED) is 0.724. The molecule has 0 atom stereocenters. The number of halogens is 3. The number of rotatable bonds is 2. The molecule has 0 saturated carbocycles. The summed E-state index contributed by atoms with van der Waals surface area (Å²) in [6, 6.07) is 11.0. The molecule has 8 heteroatoms. The number of amides is 1. The summed E-state index contributed by atoms with van der Waals surface area (Å²) < 4.78 is 0. The van der Waals surface area contributed by atoms with Gasteiger partial charge in [-0.25, -0.2) is 4.98 Å². The Bertz CT molecular complexity index is 843. The van der Waals surface area contributed by atoms with Crippen molar-refractivity contribution in [3.05, 3.63) is 56.7 Å². The predicted octanol–water partition coefficient (Wildman–Crippen LogP) is 3.88. The number of nitrogens with zero attached hydrogens (tertiary/aromatic N) is 4. The first-order chi connectivity index (χ1) is 12.0. The molecule has 3 rings (SSSR count). The highest BCUT2D eigenvalue weighted by Gasteiger charge is 2.26. The lowest BCUT2D eigenvalue weighted by Crippen LogP contribution is -2.49. The zero-order chi connectivity index (χ0) is 18.0. The van der Waals surface area contributed by atoms with Gasteiger partial charge in [0.2, 0.25) is 0 Å². The largest absolute Gasteiger partial charge is 0.352 e. The number of carbonyl (C=O) groups is 1. The van der Waals surface area contributed by atoms with Crippen LogP contribution in [0.1, 0.15) is 15.9 Å². The monoisotopic (exact) mass is 394 g/mol. The van der Waals surface area contributed by atoms with Crippen LogP contribution in [0.15, 0.2) is 30.3 Å². The normalized spacial score (nSPS) is 14.3. The van der Waals surface area contributed by atoms with E-state index in [1.54, 1.807) is 17.0 Å². The van der Waals surface area contributed by atoms with E-state index >= 15 is 0 Å². The molecule has 0 bridgehead atoms. The molecule has 25 heavy (non-hydrogen) atoms. The zero-order valence-corrected chi connectivity index (χ0v) is 15.3. The van der Waals surface area contributed by atoms with Crippen molar-refractivity contribution < 1.29 is 4.79 Å². The van der Waals surface area contributed by atoms with E-state index in [0.29, 0.717) is 37.6 Å². The minimum Gasteiger partial charge on any atom is -0.352 e. The Morgan fingerprint density at radius 2 is 1.68 bits per heavy atom. The molecule has 0 aliphatic carbocycles. The molecule has 1 aromatic carbocycles. The molecule has 1 saturated heterocycles. The summed E-state index contributed by atoms with van der Waals surface area (Å²) >= 11 is 18.4. The van der Waals surface area contributed by atoms with Gasteiger partial charge in [0.05, 0.1) is 5.02 Å². The van der Waals surface area contributed by atoms with Gasteiger partial charge in [0, 0.05) is 31.7 Å². The molecule has 0 N–H and O–H groups in total. The van der Waals surface area contributed by atoms with Crippen LogP contribution in [0.2, 0.25) is 15.2 Å². The van der Waals surface area contributed by atoms with E-state index < -0.39 is 0 Å². The molecule has 2 aromatic rings. The summed E-state index contributed by atoms with van der Waals surface area (Å²) in [7, 11) is 0. The minimum atomic E-state index is -0.00445. The molecular formula is C17H13Cl3N4O. The third-order valence-electron chi connectivity index (χ3n) is 4.02. The molecular weight excluding hydrogens is 383 g/mol. The number of anilines is 1. The fourth-order valence-corrected chi connectivity index (χ4v) is 3.42. The van der Waals surface area contributed by atoms with Gasteiger partial charge in [0.15, 0.2) is 11.0 Å². The number of nitriles is 1. The number of carbonyl (C=O) groups excluding carboxylic acids is 1. The molecule has 1 aromatic heterocycles. The van der Waals surface area contributed by atoms with Crippen LogP contribution < -0.4 is 4.90 Å². The highest BCUT2D eigenvalue weighted by molar-refractivity contribution is 6.45. The van der Waals surface area contributed by atoms with Crippen LogP contribution in [0, 0.1) is 11.3 Å². The average molecular weight is 396 g/mol. The van der Waals surface area contributed by atoms with E-state index in [0.717, 1.165) is 0 Å². The molecule has 0 radical (unpaired) electrons. The third-order valence-corrected chi connectivity index (χ3v) is 5.12. The van der Waals surface area contributed by atoms with Crippen LogP contribution in [-0.2, 0) is 0 Å². The lowest BCUT2D eigenvalue weighted by Gasteiger charge is -2.36. The Balaban J connectivity index is 1.75. The molecule has 5 nitrogen and oxygen atoms in total. The third kappa shape index (κ3) is 3.52. The molecule has 1 amide bonds. The highest BCUT2D eigenvalue weighted by atomic mass is 35.5. The second kappa shape index (κ2) is 7.49. The van der Waals surface area contributed by atoms with Crippen LogP contribution in [0.4, 0.5) is 5.82 Å². The van der Waals surface area contributed by atoms with Crippen LogP contribution in [0.5, 0.6) is 0 Å². The van der Waals surface area contributed by atoms with Crippen molar-refractivity contribution in [3.63, 3.8) is 0 Å². The zero-order valence-electron chi connectivity index (χ0n) is 13.0. The number of hydrogen-bond donors (Lipinski definition) is 0. The summed E-state index contributed by atoms with van der Waals surface area (Å²) in [5.74, 6) is 0.428. The molecule has 1 fully saturated rings. The molecule has 128 valence electrons. The van der Waals surface area contributed by atoms with Crippen molar-refractivity contribution in [2.24, 2.45) is 0 Å². The summed E-state index contributed by atoms with van der Waals surface area (Å²) in [5.41, 5.74) is 0.728. The van der Waals surface area contributed by atoms with Crippen molar-refractivity contribution in [2.45, 2.75) is 0 Å². The molecule has 0 spiro atoms. The van der Waals surface area contributed by atoms with Gasteiger partial charge < -0.3 is 9.80 Å². The number of aromatic nitrogens is 1. The van der Waals surface area contributed by atoms with E-state index in [1.165, 1.54) is 0 Å². The second-order valence-electron chi connectivity index (χ2n) is 5.49. The van der Waals surface area contributed by atoms with E-state index in [4.69, 9.17) is 40.1 Å². The molecule has 1 aliphatic rings. The second-order valence-corrected chi connectivity index (χ2v) is 6.60. The first-order valence-corrected chi connectivity index (χ1v) is 8.70. The topological polar surface area (TPSA) is 60.2 Å². The Kier molecular flexibility index (Phi) is 5.33. The first kappa shape index (κ1) is 17.8. The van der Waals surface area contributed by atoms with Crippen molar-refractivity contribution in [1.82, 2.24) is 9.88 Å². The van der Waals surface area contributed by atoms with Crippen molar-refractivity contribution in [2.75, 3.05) is 31.1 Å². The Morgan fingerprint density at radius 3 is 2.28 bits per heavy atom. The molecule has 0 unspecified atom stereocenters. The Labute approximate surface area is 160 Å². The van der Waals surface area contributed by atoms with Crippen molar-refractivity contribution in [1.29, 1.82) is 5.26 Å². The van der Waals surface area contributed by atoms with E-state index in [-0.39, 0.29) is 26.7 Å². The summed E-state index contributed by atoms with van der Waals surface area (Å²) in [4.78, 5) is 20.4. The van der Waals surface area contributed by atoms with Gasteiger partial charge in [-0.15, -0.1) is 0 Å². The Morgan fingerprint density at radius 1 is 1.04 bits per heavy atom. The van der Waals surface area contributed by atoms with Crippen LogP contribution in [0.25, 0.3) is 0 Å². The van der Waals surface area contributed by atoms with Crippen molar-refractivity contribution in [3.8, 4) is 6.07 Å². The lowest BCUT2D eigenvalue weighted by atomic mass is 10.2. The fraction of sp³-hybridized carbons (Fsp3) is 0.235. The highest BCUT2D eigenvalue weighted by Crippen LogP contribution is 2.37. The Hall–Kier alpha value is -2.00. The summed E-state index contributed by atoms with van der Waals surface area (Å²) in [5, 5.41) is 9.38. The SMILES string of the molecule is N#Cc1c(Cl)nc(N2CCN(C(=O)c3ccccc3)CC2)c(Cl)c1Cl. The van der Waals surface area contributed by atoms with Crippen LogP contribution in [0.3, 0.4) is 0 Å². The maximum absolute atomic E-state index is 12.5. The van der Waals surface area contributed by atoms with Gasteiger partial charge in [-0.2, -0.15) is 5.26 Å². The maximum atomic E-state index is 12.5. The number of hydrogen-bond acceptors (Lipinski definition) is 4. The predicted molar refractivity (Wildman–Crippen MR) is 98.5 cm³/mol. The van der Waals surface area contributed by atoms with Gasteiger partial charge >= 0.3 is 0 Å². The van der Waals surface area contributed by atoms with Gasteiger partial charge in [-0.3, -0.25) is 4.79 Å². The number of benzene rings is 1. The van der Waals surface area contributed by atoms with Gasteiger partial charge in [0.25, 0.3) is 5.91 Å². The van der Waals surface area contributed by atoms with Gasteiger partial charge in [-0.05, 0) is 12.1 Å². The van der Waals surface area contributed by atoms with Gasteiger partial charge in [0.1, 0.15) is 16.7 Å². The molecule has 2 heterocycles. The van der Waals surface area contributed by atoms with E-state index in [2.05, 4.69) is 4.98 Å². The standard InChI is InChI=1S/C17H13Cl3N4O/c18-13-12(10-21)15(20)22-16(14(13)19)23-6-8-24(9-7-23)17(25)11-4-2-1-3-5-11/h1-5H,6-9H2. The van der Waals surface area contributed by atoms with Crippen LogP contribution >= 0.6 is 34.8 Å². The summed E-state index contributed by atoms with van der Waals surface area (Å²) in [6.07, 6.45) is 0. The first-order valence-electron chi connectivity index (χ1n) is 7.56. The maximum Gasteiger partial charge on any atom is 0.253 e. The van der Waals surface area contributed by atoms with Gasteiger partial charge in [-0.1, -0.05) is 53.0 Å².